The fraction of sp³-hybridized carbons (Fsp3) is 0.200. The Morgan fingerprint density at radius 1 is 1.19 bits per heavy atom. The Bertz CT molecular complexity index is 953. The molecule has 0 fully saturated rings. The molecule has 7 heteroatoms. The number of halogens is 2. The van der Waals surface area contributed by atoms with Crippen LogP contribution in [0.25, 0.3) is 6.08 Å². The molecular formula is C20H17ClINO4. The predicted molar refractivity (Wildman–Crippen MR) is 114 cm³/mol. The summed E-state index contributed by atoms with van der Waals surface area (Å²) in [6.07, 6.45) is 1.66. The maximum atomic E-state index is 12.2. The number of esters is 1. The molecule has 3 rings (SSSR count). The molecule has 0 bridgehead atoms. The molecule has 0 aliphatic carbocycles. The van der Waals surface area contributed by atoms with Crippen LogP contribution in [0.15, 0.2) is 47.1 Å². The van der Waals surface area contributed by atoms with E-state index >= 15 is 0 Å². The molecule has 0 spiro atoms. The van der Waals surface area contributed by atoms with E-state index in [0.717, 1.165) is 9.13 Å². The second kappa shape index (κ2) is 8.31. The Kier molecular flexibility index (Phi) is 6.06. The zero-order valence-electron chi connectivity index (χ0n) is 15.0. The summed E-state index contributed by atoms with van der Waals surface area (Å²) < 4.78 is 17.3. The van der Waals surface area contributed by atoms with Gasteiger partial charge in [0.15, 0.2) is 17.2 Å². The highest BCUT2D eigenvalue weighted by Gasteiger charge is 2.26. The van der Waals surface area contributed by atoms with Crippen LogP contribution in [0.2, 0.25) is 5.02 Å². The van der Waals surface area contributed by atoms with Gasteiger partial charge in [0.25, 0.3) is 0 Å². The van der Waals surface area contributed by atoms with E-state index in [4.69, 9.17) is 25.8 Å². The number of carbonyl (C=O) groups is 1. The molecule has 0 radical (unpaired) electrons. The van der Waals surface area contributed by atoms with Crippen LogP contribution in [0, 0.1) is 3.57 Å². The van der Waals surface area contributed by atoms with Gasteiger partial charge in [0.1, 0.15) is 0 Å². The minimum atomic E-state index is -0.526. The van der Waals surface area contributed by atoms with E-state index < -0.39 is 5.97 Å². The molecule has 0 N–H and O–H groups in total. The van der Waals surface area contributed by atoms with E-state index in [1.165, 1.54) is 0 Å². The highest BCUT2D eigenvalue weighted by molar-refractivity contribution is 14.1. The first-order valence-electron chi connectivity index (χ1n) is 8.20. The summed E-state index contributed by atoms with van der Waals surface area (Å²) in [7, 11) is 1.57. The molecule has 2 aromatic carbocycles. The van der Waals surface area contributed by atoms with Crippen LogP contribution in [0.5, 0.6) is 11.5 Å². The summed E-state index contributed by atoms with van der Waals surface area (Å²) in [6, 6.07) is 10.8. The number of aliphatic imine (C=N–C) groups is 1. The normalized spacial score (nSPS) is 15.1. The summed E-state index contributed by atoms with van der Waals surface area (Å²) >= 11 is 8.37. The van der Waals surface area contributed by atoms with Crippen molar-refractivity contribution in [2.24, 2.45) is 4.99 Å². The second-order valence-electron chi connectivity index (χ2n) is 6.04. The Morgan fingerprint density at radius 3 is 2.67 bits per heavy atom. The van der Waals surface area contributed by atoms with E-state index in [1.807, 2.05) is 32.0 Å². The smallest absolute Gasteiger partial charge is 0.363 e. The van der Waals surface area contributed by atoms with Gasteiger partial charge in [0.2, 0.25) is 5.90 Å². The van der Waals surface area contributed by atoms with Gasteiger partial charge >= 0.3 is 5.97 Å². The molecule has 140 valence electrons. The van der Waals surface area contributed by atoms with Crippen LogP contribution in [-0.2, 0) is 9.53 Å². The first-order chi connectivity index (χ1) is 12.9. The SMILES string of the molecule is COc1cc(/C=C2\N=C(c3cc(I)ccc3Cl)OC2=O)ccc1OC(C)C. The Morgan fingerprint density at radius 2 is 1.96 bits per heavy atom. The maximum Gasteiger partial charge on any atom is 0.363 e. The van der Waals surface area contributed by atoms with Gasteiger partial charge < -0.3 is 14.2 Å². The number of ether oxygens (including phenoxy) is 3. The van der Waals surface area contributed by atoms with Crippen LogP contribution >= 0.6 is 34.2 Å². The average molecular weight is 498 g/mol. The third kappa shape index (κ3) is 4.62. The topological polar surface area (TPSA) is 57.1 Å². The van der Waals surface area contributed by atoms with Crippen LogP contribution in [-0.4, -0.2) is 25.1 Å². The van der Waals surface area contributed by atoms with Gasteiger partial charge in [0, 0.05) is 3.57 Å². The second-order valence-corrected chi connectivity index (χ2v) is 7.69. The van der Waals surface area contributed by atoms with Crippen molar-refractivity contribution in [3.63, 3.8) is 0 Å². The van der Waals surface area contributed by atoms with E-state index in [-0.39, 0.29) is 17.7 Å². The first kappa shape index (κ1) is 19.7. The van der Waals surface area contributed by atoms with Crippen molar-refractivity contribution < 1.29 is 19.0 Å². The van der Waals surface area contributed by atoms with E-state index in [9.17, 15) is 4.79 Å². The van der Waals surface area contributed by atoms with Crippen LogP contribution < -0.4 is 9.47 Å². The Balaban J connectivity index is 1.94. The molecule has 1 heterocycles. The van der Waals surface area contributed by atoms with Gasteiger partial charge in [-0.15, -0.1) is 0 Å². The third-order valence-electron chi connectivity index (χ3n) is 3.63. The van der Waals surface area contributed by atoms with Gasteiger partial charge in [-0.25, -0.2) is 9.79 Å². The minimum Gasteiger partial charge on any atom is -0.493 e. The largest absolute Gasteiger partial charge is 0.493 e. The molecular weight excluding hydrogens is 481 g/mol. The summed E-state index contributed by atoms with van der Waals surface area (Å²) in [5, 5.41) is 0.472. The van der Waals surface area contributed by atoms with Gasteiger partial charge in [-0.05, 0) is 78.4 Å². The van der Waals surface area contributed by atoms with Crippen molar-refractivity contribution in [3.05, 3.63) is 61.8 Å². The maximum absolute atomic E-state index is 12.2. The van der Waals surface area contributed by atoms with Crippen molar-refractivity contribution >= 4 is 52.1 Å². The van der Waals surface area contributed by atoms with Gasteiger partial charge in [0.05, 0.1) is 23.8 Å². The highest BCUT2D eigenvalue weighted by atomic mass is 127. The first-order valence-corrected chi connectivity index (χ1v) is 9.65. The lowest BCUT2D eigenvalue weighted by molar-refractivity contribution is -0.129. The number of hydrogen-bond donors (Lipinski definition) is 0. The lowest BCUT2D eigenvalue weighted by atomic mass is 10.1. The van der Waals surface area contributed by atoms with Crippen molar-refractivity contribution in [1.82, 2.24) is 0 Å². The minimum absolute atomic E-state index is 0.0264. The summed E-state index contributed by atoms with van der Waals surface area (Å²) in [5.74, 6) is 0.885. The Hall–Kier alpha value is -2.06. The third-order valence-corrected chi connectivity index (χ3v) is 4.63. The van der Waals surface area contributed by atoms with Crippen LogP contribution in [0.3, 0.4) is 0 Å². The molecule has 0 atom stereocenters. The van der Waals surface area contributed by atoms with Crippen LogP contribution in [0.4, 0.5) is 0 Å². The Labute approximate surface area is 176 Å². The number of nitrogens with zero attached hydrogens (tertiary/aromatic N) is 1. The van der Waals surface area contributed by atoms with Gasteiger partial charge in [-0.3, -0.25) is 0 Å². The van der Waals surface area contributed by atoms with Crippen molar-refractivity contribution in [1.29, 1.82) is 0 Å². The molecule has 5 nitrogen and oxygen atoms in total. The zero-order valence-corrected chi connectivity index (χ0v) is 17.9. The lowest BCUT2D eigenvalue weighted by Gasteiger charge is -2.13. The lowest BCUT2D eigenvalue weighted by Crippen LogP contribution is -2.07. The summed E-state index contributed by atoms with van der Waals surface area (Å²) in [4.78, 5) is 16.5. The van der Waals surface area contributed by atoms with Crippen molar-refractivity contribution in [2.75, 3.05) is 7.11 Å². The van der Waals surface area contributed by atoms with Crippen LogP contribution in [0.1, 0.15) is 25.0 Å². The number of rotatable bonds is 5. The highest BCUT2D eigenvalue weighted by Crippen LogP contribution is 2.31. The number of cyclic esters (lactones) is 1. The zero-order chi connectivity index (χ0) is 19.6. The molecule has 0 aromatic heterocycles. The fourth-order valence-electron chi connectivity index (χ4n) is 2.47. The number of carbonyl (C=O) groups excluding carboxylic acids is 1. The molecule has 2 aromatic rings. The van der Waals surface area contributed by atoms with Gasteiger partial charge in [-0.2, -0.15) is 0 Å². The van der Waals surface area contributed by atoms with E-state index in [1.54, 1.807) is 31.4 Å². The number of methoxy groups -OCH3 is 1. The van der Waals surface area contributed by atoms with Gasteiger partial charge in [-0.1, -0.05) is 17.7 Å². The standard InChI is InChI=1S/C20H17ClINO4/c1-11(2)26-17-7-4-12(9-18(17)25-3)8-16-20(24)27-19(23-16)14-10-13(22)5-6-15(14)21/h4-11H,1-3H3/b16-8-. The predicted octanol–water partition coefficient (Wildman–Crippen LogP) is 5.08. The number of hydrogen-bond acceptors (Lipinski definition) is 5. The monoisotopic (exact) mass is 497 g/mol. The molecule has 0 amide bonds. The summed E-state index contributed by atoms with van der Waals surface area (Å²) in [5.41, 5.74) is 1.52. The summed E-state index contributed by atoms with van der Waals surface area (Å²) in [6.45, 7) is 3.88. The quantitative estimate of drug-likeness (QED) is 0.328. The average Bonchev–Trinajstić information content (AvgIpc) is 2.98. The number of benzene rings is 2. The molecule has 0 saturated heterocycles. The molecule has 0 saturated carbocycles. The fourth-order valence-corrected chi connectivity index (χ4v) is 3.16. The molecule has 1 aliphatic heterocycles. The molecule has 27 heavy (non-hydrogen) atoms. The molecule has 0 unspecified atom stereocenters. The van der Waals surface area contributed by atoms with E-state index in [0.29, 0.717) is 22.1 Å². The molecule has 1 aliphatic rings. The van der Waals surface area contributed by atoms with Crippen molar-refractivity contribution in [3.8, 4) is 11.5 Å². The van der Waals surface area contributed by atoms with E-state index in [2.05, 4.69) is 27.6 Å². The van der Waals surface area contributed by atoms with Crippen molar-refractivity contribution in [2.45, 2.75) is 20.0 Å².